The predicted molar refractivity (Wildman–Crippen MR) is 61.6 cm³/mol. The van der Waals surface area contributed by atoms with E-state index in [2.05, 4.69) is 6.58 Å². The molecule has 0 bridgehead atoms. The first-order valence-electron chi connectivity index (χ1n) is 5.39. The molecule has 17 heavy (non-hydrogen) atoms. The Hall–Kier alpha value is -1.71. The minimum atomic E-state index is -0.929. The number of rotatable bonds is 5. The molecule has 0 atom stereocenters. The van der Waals surface area contributed by atoms with Crippen LogP contribution in [0.25, 0.3) is 6.08 Å². The molecule has 0 saturated carbocycles. The number of unbranched alkanes of at least 4 members (excludes halogenated alkanes) is 1. The molecule has 0 fully saturated rings. The van der Waals surface area contributed by atoms with Crippen LogP contribution in [0.4, 0.5) is 8.78 Å². The lowest BCUT2D eigenvalue weighted by molar-refractivity contribution is 0.0494. The first kappa shape index (κ1) is 13.4. The monoisotopic (exact) mass is 240 g/mol. The summed E-state index contributed by atoms with van der Waals surface area (Å²) >= 11 is 0. The normalized spacial score (nSPS) is 10.1. The van der Waals surface area contributed by atoms with E-state index in [1.165, 1.54) is 0 Å². The molecule has 0 spiro atoms. The van der Waals surface area contributed by atoms with Crippen molar-refractivity contribution < 1.29 is 18.3 Å². The molecule has 92 valence electrons. The summed E-state index contributed by atoms with van der Waals surface area (Å²) in [6.07, 6.45) is 2.62. The van der Waals surface area contributed by atoms with Crippen LogP contribution >= 0.6 is 0 Å². The van der Waals surface area contributed by atoms with Gasteiger partial charge in [0.05, 0.1) is 12.2 Å². The fourth-order valence-electron chi connectivity index (χ4n) is 1.30. The van der Waals surface area contributed by atoms with Gasteiger partial charge in [-0.05, 0) is 18.6 Å². The van der Waals surface area contributed by atoms with E-state index < -0.39 is 17.6 Å². The highest BCUT2D eigenvalue weighted by atomic mass is 19.1. The van der Waals surface area contributed by atoms with Gasteiger partial charge < -0.3 is 4.74 Å². The SMILES string of the molecule is C=Cc1c(F)ccc(C(=O)OCCCC)c1F. The summed E-state index contributed by atoms with van der Waals surface area (Å²) in [4.78, 5) is 11.5. The van der Waals surface area contributed by atoms with Crippen molar-refractivity contribution in [3.05, 3.63) is 41.5 Å². The Morgan fingerprint density at radius 3 is 2.76 bits per heavy atom. The molecule has 1 aromatic carbocycles. The smallest absolute Gasteiger partial charge is 0.341 e. The molecule has 0 N–H and O–H groups in total. The van der Waals surface area contributed by atoms with Crippen LogP contribution in [0.15, 0.2) is 18.7 Å². The Labute approximate surface area is 98.9 Å². The molecule has 0 aliphatic heterocycles. The van der Waals surface area contributed by atoms with E-state index in [0.717, 1.165) is 24.6 Å². The lowest BCUT2D eigenvalue weighted by atomic mass is 10.1. The van der Waals surface area contributed by atoms with Crippen LogP contribution in [-0.4, -0.2) is 12.6 Å². The van der Waals surface area contributed by atoms with E-state index in [-0.39, 0.29) is 17.7 Å². The van der Waals surface area contributed by atoms with E-state index in [1.54, 1.807) is 0 Å². The zero-order valence-corrected chi connectivity index (χ0v) is 9.63. The van der Waals surface area contributed by atoms with Gasteiger partial charge in [-0.2, -0.15) is 0 Å². The molecule has 1 aromatic rings. The van der Waals surface area contributed by atoms with E-state index in [1.807, 2.05) is 6.92 Å². The second kappa shape index (κ2) is 6.13. The van der Waals surface area contributed by atoms with Gasteiger partial charge in [-0.3, -0.25) is 0 Å². The first-order chi connectivity index (χ1) is 8.11. The Morgan fingerprint density at radius 2 is 2.18 bits per heavy atom. The molecule has 0 unspecified atom stereocenters. The predicted octanol–water partition coefficient (Wildman–Crippen LogP) is 3.56. The average molecular weight is 240 g/mol. The third-order valence-electron chi connectivity index (χ3n) is 2.28. The van der Waals surface area contributed by atoms with E-state index >= 15 is 0 Å². The van der Waals surface area contributed by atoms with Crippen LogP contribution in [0.3, 0.4) is 0 Å². The first-order valence-corrected chi connectivity index (χ1v) is 5.39. The summed E-state index contributed by atoms with van der Waals surface area (Å²) in [6.45, 7) is 5.47. The van der Waals surface area contributed by atoms with Gasteiger partial charge in [0.1, 0.15) is 11.6 Å². The fraction of sp³-hybridized carbons (Fsp3) is 0.308. The number of benzene rings is 1. The Morgan fingerprint density at radius 1 is 1.47 bits per heavy atom. The largest absolute Gasteiger partial charge is 0.462 e. The molecule has 0 heterocycles. The van der Waals surface area contributed by atoms with Crippen molar-refractivity contribution in [2.24, 2.45) is 0 Å². The molecule has 0 aliphatic rings. The van der Waals surface area contributed by atoms with Crippen LogP contribution < -0.4 is 0 Å². The fourth-order valence-corrected chi connectivity index (χ4v) is 1.30. The van der Waals surface area contributed by atoms with Gasteiger partial charge in [-0.1, -0.05) is 26.0 Å². The van der Waals surface area contributed by atoms with Crippen molar-refractivity contribution in [1.29, 1.82) is 0 Å². The number of carbonyl (C=O) groups excluding carboxylic acids is 1. The molecular weight excluding hydrogens is 226 g/mol. The van der Waals surface area contributed by atoms with Crippen molar-refractivity contribution in [2.45, 2.75) is 19.8 Å². The van der Waals surface area contributed by atoms with Gasteiger partial charge in [0.25, 0.3) is 0 Å². The van der Waals surface area contributed by atoms with Gasteiger partial charge in [0, 0.05) is 5.56 Å². The van der Waals surface area contributed by atoms with Gasteiger partial charge in [-0.15, -0.1) is 0 Å². The highest BCUT2D eigenvalue weighted by Crippen LogP contribution is 2.18. The van der Waals surface area contributed by atoms with Gasteiger partial charge in [-0.25, -0.2) is 13.6 Å². The summed E-state index contributed by atoms with van der Waals surface area (Å²) in [7, 11) is 0. The summed E-state index contributed by atoms with van der Waals surface area (Å²) < 4.78 is 31.7. The van der Waals surface area contributed by atoms with Crippen LogP contribution in [0.2, 0.25) is 0 Å². The van der Waals surface area contributed by atoms with Gasteiger partial charge in [0.2, 0.25) is 0 Å². The van der Waals surface area contributed by atoms with Crippen LogP contribution in [0.5, 0.6) is 0 Å². The lowest BCUT2D eigenvalue weighted by Crippen LogP contribution is -2.10. The molecule has 0 amide bonds. The topological polar surface area (TPSA) is 26.3 Å². The second-order valence-corrected chi connectivity index (χ2v) is 3.52. The summed E-state index contributed by atoms with van der Waals surface area (Å²) in [5, 5.41) is 0. The Kier molecular flexibility index (Phi) is 4.82. The molecule has 4 heteroatoms. The molecule has 0 aliphatic carbocycles. The summed E-state index contributed by atoms with van der Waals surface area (Å²) in [6, 6.07) is 2.10. The van der Waals surface area contributed by atoms with Crippen molar-refractivity contribution in [1.82, 2.24) is 0 Å². The number of esters is 1. The molecule has 0 aromatic heterocycles. The maximum Gasteiger partial charge on any atom is 0.341 e. The average Bonchev–Trinajstić information content (AvgIpc) is 2.30. The zero-order chi connectivity index (χ0) is 12.8. The Balaban J connectivity index is 2.91. The molecule has 1 rings (SSSR count). The summed E-state index contributed by atoms with van der Waals surface area (Å²) in [5.74, 6) is -2.46. The number of ether oxygens (including phenoxy) is 1. The van der Waals surface area contributed by atoms with E-state index in [0.29, 0.717) is 6.42 Å². The van der Waals surface area contributed by atoms with E-state index in [9.17, 15) is 13.6 Å². The standard InChI is InChI=1S/C13H14F2O2/c1-3-5-8-17-13(16)10-6-7-11(14)9(4-2)12(10)15/h4,6-7H,2-3,5,8H2,1H3. The molecular formula is C13H14F2O2. The maximum atomic E-state index is 13.7. The third-order valence-corrected chi connectivity index (χ3v) is 2.28. The lowest BCUT2D eigenvalue weighted by Gasteiger charge is -2.07. The molecule has 0 saturated heterocycles. The number of hydrogen-bond donors (Lipinski definition) is 0. The quantitative estimate of drug-likeness (QED) is 0.581. The minimum Gasteiger partial charge on any atom is -0.462 e. The van der Waals surface area contributed by atoms with Gasteiger partial charge >= 0.3 is 5.97 Å². The Bertz CT molecular complexity index is 428. The van der Waals surface area contributed by atoms with Crippen molar-refractivity contribution >= 4 is 12.0 Å². The highest BCUT2D eigenvalue weighted by molar-refractivity contribution is 5.90. The third kappa shape index (κ3) is 3.12. The number of carbonyl (C=O) groups is 1. The maximum absolute atomic E-state index is 13.7. The number of halogens is 2. The minimum absolute atomic E-state index is 0.232. The van der Waals surface area contributed by atoms with Crippen LogP contribution in [0, 0.1) is 11.6 Å². The van der Waals surface area contributed by atoms with Crippen LogP contribution in [0.1, 0.15) is 35.7 Å². The highest BCUT2D eigenvalue weighted by Gasteiger charge is 2.17. The molecule has 2 nitrogen and oxygen atoms in total. The van der Waals surface area contributed by atoms with Crippen molar-refractivity contribution in [2.75, 3.05) is 6.61 Å². The van der Waals surface area contributed by atoms with E-state index in [4.69, 9.17) is 4.74 Å². The number of hydrogen-bond acceptors (Lipinski definition) is 2. The van der Waals surface area contributed by atoms with Crippen molar-refractivity contribution in [3.8, 4) is 0 Å². The van der Waals surface area contributed by atoms with Crippen LogP contribution in [-0.2, 0) is 4.74 Å². The van der Waals surface area contributed by atoms with Gasteiger partial charge in [0.15, 0.2) is 0 Å². The van der Waals surface area contributed by atoms with Crippen molar-refractivity contribution in [3.63, 3.8) is 0 Å². The second-order valence-electron chi connectivity index (χ2n) is 3.52. The summed E-state index contributed by atoms with van der Waals surface area (Å²) in [5.41, 5.74) is -0.577. The zero-order valence-electron chi connectivity index (χ0n) is 9.63. The molecule has 0 radical (unpaired) electrons.